The monoisotopic (exact) mass is 329 g/mol. The first kappa shape index (κ1) is 16.6. The number of hydrogen-bond donors (Lipinski definition) is 1. The standard InChI is InChI=1S/C15H20ClNO3S/c16-13-1-3-14(4-2-13)21-10-7-17(6-8-18)15(19)12-5-9-20-11-12/h1-4,12,18H,5-11H2. The first-order valence-corrected chi connectivity index (χ1v) is 8.43. The van der Waals surface area contributed by atoms with Crippen LogP contribution < -0.4 is 0 Å². The van der Waals surface area contributed by atoms with Gasteiger partial charge in [0, 0.05) is 35.4 Å². The minimum Gasteiger partial charge on any atom is -0.395 e. The van der Waals surface area contributed by atoms with Crippen LogP contribution in [0.2, 0.25) is 5.02 Å². The van der Waals surface area contributed by atoms with E-state index < -0.39 is 0 Å². The molecule has 1 fully saturated rings. The molecule has 0 spiro atoms. The molecule has 1 aromatic carbocycles. The number of carbonyl (C=O) groups excluding carboxylic acids is 1. The van der Waals surface area contributed by atoms with Gasteiger partial charge >= 0.3 is 0 Å². The van der Waals surface area contributed by atoms with Gasteiger partial charge in [0.1, 0.15) is 0 Å². The van der Waals surface area contributed by atoms with Crippen LogP contribution >= 0.6 is 23.4 Å². The van der Waals surface area contributed by atoms with Crippen LogP contribution in [0.1, 0.15) is 6.42 Å². The maximum absolute atomic E-state index is 12.3. The van der Waals surface area contributed by atoms with Crippen LogP contribution in [0, 0.1) is 5.92 Å². The molecular formula is C15H20ClNO3S. The molecule has 2 rings (SSSR count). The zero-order valence-electron chi connectivity index (χ0n) is 11.8. The molecule has 0 aromatic heterocycles. The third-order valence-corrected chi connectivity index (χ3v) is 4.65. The number of aliphatic hydroxyl groups is 1. The van der Waals surface area contributed by atoms with Crippen molar-refractivity contribution in [3.05, 3.63) is 29.3 Å². The van der Waals surface area contributed by atoms with E-state index >= 15 is 0 Å². The summed E-state index contributed by atoms with van der Waals surface area (Å²) in [5.41, 5.74) is 0. The van der Waals surface area contributed by atoms with Gasteiger partial charge in [0.2, 0.25) is 5.91 Å². The maximum atomic E-state index is 12.3. The summed E-state index contributed by atoms with van der Waals surface area (Å²) >= 11 is 7.53. The fraction of sp³-hybridized carbons (Fsp3) is 0.533. The summed E-state index contributed by atoms with van der Waals surface area (Å²) in [5.74, 6) is 0.844. The molecule has 1 N–H and O–H groups in total. The first-order chi connectivity index (χ1) is 10.2. The van der Waals surface area contributed by atoms with Gasteiger partial charge in [-0.25, -0.2) is 0 Å². The molecule has 0 bridgehead atoms. The molecule has 1 atom stereocenters. The molecule has 1 unspecified atom stereocenters. The van der Waals surface area contributed by atoms with E-state index in [0.717, 1.165) is 22.1 Å². The van der Waals surface area contributed by atoms with Crippen LogP contribution in [0.4, 0.5) is 0 Å². The van der Waals surface area contributed by atoms with Gasteiger partial charge in [0.25, 0.3) is 0 Å². The predicted octanol–water partition coefficient (Wildman–Crippen LogP) is 2.29. The van der Waals surface area contributed by atoms with Crippen molar-refractivity contribution in [3.8, 4) is 0 Å². The number of benzene rings is 1. The zero-order chi connectivity index (χ0) is 15.1. The molecule has 1 aliphatic heterocycles. The summed E-state index contributed by atoms with van der Waals surface area (Å²) in [6.45, 7) is 2.17. The maximum Gasteiger partial charge on any atom is 0.228 e. The third-order valence-electron chi connectivity index (χ3n) is 3.40. The Balaban J connectivity index is 1.81. The smallest absolute Gasteiger partial charge is 0.228 e. The van der Waals surface area contributed by atoms with Gasteiger partial charge < -0.3 is 14.7 Å². The summed E-state index contributed by atoms with van der Waals surface area (Å²) in [5, 5.41) is 9.85. The summed E-state index contributed by atoms with van der Waals surface area (Å²) in [7, 11) is 0. The number of ether oxygens (including phenoxy) is 1. The quantitative estimate of drug-likeness (QED) is 0.780. The van der Waals surface area contributed by atoms with E-state index in [0.29, 0.717) is 26.3 Å². The van der Waals surface area contributed by atoms with Gasteiger partial charge in [0.05, 0.1) is 19.1 Å². The topological polar surface area (TPSA) is 49.8 Å². The largest absolute Gasteiger partial charge is 0.395 e. The average molecular weight is 330 g/mol. The van der Waals surface area contributed by atoms with Crippen molar-refractivity contribution < 1.29 is 14.6 Å². The highest BCUT2D eigenvalue weighted by Crippen LogP contribution is 2.21. The molecule has 1 aliphatic rings. The highest BCUT2D eigenvalue weighted by molar-refractivity contribution is 7.99. The zero-order valence-corrected chi connectivity index (χ0v) is 13.4. The van der Waals surface area contributed by atoms with Crippen LogP contribution in [0.15, 0.2) is 29.2 Å². The Bertz CT molecular complexity index is 449. The number of hydrogen-bond acceptors (Lipinski definition) is 4. The van der Waals surface area contributed by atoms with Gasteiger partial charge in [-0.05, 0) is 30.7 Å². The number of amides is 1. The second-order valence-electron chi connectivity index (χ2n) is 4.91. The molecule has 1 saturated heterocycles. The van der Waals surface area contributed by atoms with E-state index in [2.05, 4.69) is 0 Å². The third kappa shape index (κ3) is 5.18. The first-order valence-electron chi connectivity index (χ1n) is 7.06. The number of carbonyl (C=O) groups is 1. The van der Waals surface area contributed by atoms with E-state index in [1.54, 1.807) is 16.7 Å². The molecule has 1 amide bonds. The molecular weight excluding hydrogens is 310 g/mol. The molecule has 21 heavy (non-hydrogen) atoms. The fourth-order valence-corrected chi connectivity index (χ4v) is 3.25. The minimum absolute atomic E-state index is 0.00900. The molecule has 6 heteroatoms. The van der Waals surface area contributed by atoms with Gasteiger partial charge in [-0.1, -0.05) is 11.6 Å². The van der Waals surface area contributed by atoms with E-state index in [1.807, 2.05) is 24.3 Å². The molecule has 0 radical (unpaired) electrons. The Morgan fingerprint density at radius 2 is 2.14 bits per heavy atom. The number of aliphatic hydroxyl groups excluding tert-OH is 1. The van der Waals surface area contributed by atoms with E-state index in [1.165, 1.54) is 0 Å². The van der Waals surface area contributed by atoms with Crippen LogP contribution in [0.3, 0.4) is 0 Å². The molecule has 4 nitrogen and oxygen atoms in total. The number of rotatable bonds is 7. The van der Waals surface area contributed by atoms with Crippen molar-refractivity contribution in [2.45, 2.75) is 11.3 Å². The van der Waals surface area contributed by atoms with E-state index in [-0.39, 0.29) is 18.4 Å². The average Bonchev–Trinajstić information content (AvgIpc) is 3.02. The number of halogens is 1. The Labute approximate surface area is 134 Å². The number of nitrogens with zero attached hydrogens (tertiary/aromatic N) is 1. The lowest BCUT2D eigenvalue weighted by atomic mass is 10.1. The molecule has 116 valence electrons. The second kappa shape index (κ2) is 8.63. The molecule has 0 aliphatic carbocycles. The highest BCUT2D eigenvalue weighted by Gasteiger charge is 2.27. The normalized spacial score (nSPS) is 17.9. The van der Waals surface area contributed by atoms with Crippen LogP contribution in [-0.4, -0.2) is 54.6 Å². The minimum atomic E-state index is -0.0444. The van der Waals surface area contributed by atoms with Crippen molar-refractivity contribution in [2.24, 2.45) is 5.92 Å². The molecule has 1 heterocycles. The predicted molar refractivity (Wildman–Crippen MR) is 84.8 cm³/mol. The Hall–Kier alpha value is -0.750. The van der Waals surface area contributed by atoms with Crippen LogP contribution in [0.25, 0.3) is 0 Å². The van der Waals surface area contributed by atoms with E-state index in [9.17, 15) is 4.79 Å². The van der Waals surface area contributed by atoms with Crippen molar-refractivity contribution in [1.82, 2.24) is 4.90 Å². The van der Waals surface area contributed by atoms with E-state index in [4.69, 9.17) is 21.4 Å². The van der Waals surface area contributed by atoms with Gasteiger partial charge in [-0.2, -0.15) is 0 Å². The van der Waals surface area contributed by atoms with Crippen molar-refractivity contribution in [2.75, 3.05) is 38.7 Å². The van der Waals surface area contributed by atoms with Crippen molar-refractivity contribution in [3.63, 3.8) is 0 Å². The molecule has 0 saturated carbocycles. The van der Waals surface area contributed by atoms with Crippen LogP contribution in [0.5, 0.6) is 0 Å². The Morgan fingerprint density at radius 1 is 1.38 bits per heavy atom. The van der Waals surface area contributed by atoms with Crippen LogP contribution in [-0.2, 0) is 9.53 Å². The lowest BCUT2D eigenvalue weighted by molar-refractivity contribution is -0.135. The van der Waals surface area contributed by atoms with Gasteiger partial charge in [0.15, 0.2) is 0 Å². The summed E-state index contributed by atoms with van der Waals surface area (Å²) in [4.78, 5) is 15.2. The Morgan fingerprint density at radius 3 is 2.76 bits per heavy atom. The summed E-state index contributed by atoms with van der Waals surface area (Å²) in [6.07, 6.45) is 0.783. The van der Waals surface area contributed by atoms with Crippen molar-refractivity contribution in [1.29, 1.82) is 0 Å². The lowest BCUT2D eigenvalue weighted by Gasteiger charge is -2.24. The molecule has 1 aromatic rings. The van der Waals surface area contributed by atoms with Crippen molar-refractivity contribution >= 4 is 29.3 Å². The SMILES string of the molecule is O=C(C1CCOC1)N(CCO)CCSc1ccc(Cl)cc1. The fourth-order valence-electron chi connectivity index (χ4n) is 2.24. The number of thioether (sulfide) groups is 1. The summed E-state index contributed by atoms with van der Waals surface area (Å²) < 4.78 is 5.26. The van der Waals surface area contributed by atoms with Gasteiger partial charge in [-0.15, -0.1) is 11.8 Å². The highest BCUT2D eigenvalue weighted by atomic mass is 35.5. The Kier molecular flexibility index (Phi) is 6.83. The summed E-state index contributed by atoms with van der Waals surface area (Å²) in [6, 6.07) is 7.65. The van der Waals surface area contributed by atoms with Gasteiger partial charge in [-0.3, -0.25) is 4.79 Å². The second-order valence-corrected chi connectivity index (χ2v) is 6.52. The lowest BCUT2D eigenvalue weighted by Crippen LogP contribution is -2.39.